The van der Waals surface area contributed by atoms with Crippen LogP contribution in [0.4, 0.5) is 0 Å². The van der Waals surface area contributed by atoms with Crippen molar-refractivity contribution in [3.8, 4) is 5.75 Å². The topological polar surface area (TPSA) is 27.7 Å². The molecule has 0 heterocycles. The van der Waals surface area contributed by atoms with Gasteiger partial charge in [-0.25, -0.2) is 0 Å². The van der Waals surface area contributed by atoms with Crippen molar-refractivity contribution in [2.24, 2.45) is 0 Å². The molecule has 0 aromatic heterocycles. The van der Waals surface area contributed by atoms with Crippen LogP contribution in [0.2, 0.25) is 0 Å². The quantitative estimate of drug-likeness (QED) is 0.792. The fourth-order valence-corrected chi connectivity index (χ4v) is 1.99. The van der Waals surface area contributed by atoms with Gasteiger partial charge < -0.3 is 14.2 Å². The molecule has 0 spiro atoms. The SMILES string of the molecule is COc1c(COC(C)(C)C)cc(C)cc1COC(C)(C)C. The molecular formula is C18H30O3. The minimum Gasteiger partial charge on any atom is -0.496 e. The van der Waals surface area contributed by atoms with Crippen LogP contribution in [0.5, 0.6) is 5.75 Å². The molecule has 0 atom stereocenters. The van der Waals surface area contributed by atoms with Gasteiger partial charge in [-0.05, 0) is 48.5 Å². The lowest BCUT2D eigenvalue weighted by molar-refractivity contribution is -0.0185. The van der Waals surface area contributed by atoms with Crippen LogP contribution < -0.4 is 4.74 Å². The van der Waals surface area contributed by atoms with Gasteiger partial charge in [-0.1, -0.05) is 17.7 Å². The molecule has 3 nitrogen and oxygen atoms in total. The van der Waals surface area contributed by atoms with Crippen LogP contribution >= 0.6 is 0 Å². The van der Waals surface area contributed by atoms with Crippen LogP contribution in [0, 0.1) is 6.92 Å². The largest absolute Gasteiger partial charge is 0.496 e. The zero-order valence-corrected chi connectivity index (χ0v) is 14.8. The van der Waals surface area contributed by atoms with Crippen molar-refractivity contribution in [2.75, 3.05) is 7.11 Å². The Morgan fingerprint density at radius 3 is 1.48 bits per heavy atom. The third-order valence-corrected chi connectivity index (χ3v) is 2.91. The maximum absolute atomic E-state index is 5.89. The summed E-state index contributed by atoms with van der Waals surface area (Å²) in [4.78, 5) is 0. The predicted octanol–water partition coefficient (Wildman–Crippen LogP) is 4.63. The number of rotatable bonds is 5. The Labute approximate surface area is 129 Å². The van der Waals surface area contributed by atoms with E-state index in [-0.39, 0.29) is 11.2 Å². The second-order valence-electron chi connectivity index (χ2n) is 7.42. The predicted molar refractivity (Wildman–Crippen MR) is 86.8 cm³/mol. The Hall–Kier alpha value is -1.06. The van der Waals surface area contributed by atoms with E-state index < -0.39 is 0 Å². The molecule has 0 aliphatic carbocycles. The summed E-state index contributed by atoms with van der Waals surface area (Å²) in [6.07, 6.45) is 0. The lowest BCUT2D eigenvalue weighted by atomic mass is 10.0. The highest BCUT2D eigenvalue weighted by atomic mass is 16.5. The fourth-order valence-electron chi connectivity index (χ4n) is 1.99. The second kappa shape index (κ2) is 6.80. The van der Waals surface area contributed by atoms with Crippen LogP contribution in [-0.2, 0) is 22.7 Å². The molecule has 0 unspecified atom stereocenters. The van der Waals surface area contributed by atoms with E-state index in [2.05, 4.69) is 60.6 Å². The van der Waals surface area contributed by atoms with Crippen LogP contribution in [0.1, 0.15) is 58.2 Å². The lowest BCUT2D eigenvalue weighted by Gasteiger charge is -2.23. The number of benzene rings is 1. The van der Waals surface area contributed by atoms with Crippen molar-refractivity contribution in [3.63, 3.8) is 0 Å². The van der Waals surface area contributed by atoms with Crippen LogP contribution in [-0.4, -0.2) is 18.3 Å². The molecule has 0 aliphatic rings. The van der Waals surface area contributed by atoms with Gasteiger partial charge in [0.05, 0.1) is 31.5 Å². The number of aryl methyl sites for hydroxylation is 1. The zero-order valence-electron chi connectivity index (χ0n) is 14.8. The molecular weight excluding hydrogens is 264 g/mol. The van der Waals surface area contributed by atoms with E-state index in [1.54, 1.807) is 7.11 Å². The van der Waals surface area contributed by atoms with Gasteiger partial charge in [0.2, 0.25) is 0 Å². The number of methoxy groups -OCH3 is 1. The molecule has 0 fully saturated rings. The third-order valence-electron chi connectivity index (χ3n) is 2.91. The van der Waals surface area contributed by atoms with Gasteiger partial charge in [0, 0.05) is 11.1 Å². The number of ether oxygens (including phenoxy) is 3. The van der Waals surface area contributed by atoms with E-state index in [9.17, 15) is 0 Å². The minimum atomic E-state index is -0.170. The van der Waals surface area contributed by atoms with Gasteiger partial charge in [0.15, 0.2) is 0 Å². The first-order valence-corrected chi connectivity index (χ1v) is 7.46. The van der Waals surface area contributed by atoms with Crippen molar-refractivity contribution < 1.29 is 14.2 Å². The van der Waals surface area contributed by atoms with Crippen molar-refractivity contribution in [3.05, 3.63) is 28.8 Å². The highest BCUT2D eigenvalue weighted by Gasteiger charge is 2.17. The maximum Gasteiger partial charge on any atom is 0.129 e. The number of hydrogen-bond donors (Lipinski definition) is 0. The Bertz CT molecular complexity index is 425. The fraction of sp³-hybridized carbons (Fsp3) is 0.667. The molecule has 120 valence electrons. The van der Waals surface area contributed by atoms with Crippen molar-refractivity contribution in [1.82, 2.24) is 0 Å². The van der Waals surface area contributed by atoms with E-state index in [1.807, 2.05) is 0 Å². The zero-order chi connectivity index (χ0) is 16.3. The Morgan fingerprint density at radius 1 is 0.810 bits per heavy atom. The standard InChI is InChI=1S/C18H30O3/c1-13-9-14(11-20-17(2,3)4)16(19-8)15(10-13)12-21-18(5,6)7/h9-10H,11-12H2,1-8H3. The van der Waals surface area contributed by atoms with E-state index >= 15 is 0 Å². The summed E-state index contributed by atoms with van der Waals surface area (Å²) >= 11 is 0. The lowest BCUT2D eigenvalue weighted by Crippen LogP contribution is -2.20. The molecule has 3 heteroatoms. The molecule has 1 aromatic rings. The normalized spacial score (nSPS) is 12.6. The van der Waals surface area contributed by atoms with Crippen molar-refractivity contribution >= 4 is 0 Å². The van der Waals surface area contributed by atoms with E-state index in [0.29, 0.717) is 13.2 Å². The molecule has 21 heavy (non-hydrogen) atoms. The highest BCUT2D eigenvalue weighted by molar-refractivity contribution is 5.44. The Kier molecular flexibility index (Phi) is 5.83. The van der Waals surface area contributed by atoms with Gasteiger partial charge in [0.25, 0.3) is 0 Å². The summed E-state index contributed by atoms with van der Waals surface area (Å²) in [7, 11) is 1.70. The summed E-state index contributed by atoms with van der Waals surface area (Å²) < 4.78 is 17.4. The van der Waals surface area contributed by atoms with Gasteiger partial charge in [-0.3, -0.25) is 0 Å². The van der Waals surface area contributed by atoms with Gasteiger partial charge in [0.1, 0.15) is 5.75 Å². The first-order valence-electron chi connectivity index (χ1n) is 7.46. The molecule has 0 aliphatic heterocycles. The van der Waals surface area contributed by atoms with E-state index in [4.69, 9.17) is 14.2 Å². The molecule has 1 aromatic carbocycles. The molecule has 0 saturated carbocycles. The second-order valence-corrected chi connectivity index (χ2v) is 7.42. The van der Waals surface area contributed by atoms with Crippen LogP contribution in [0.15, 0.2) is 12.1 Å². The van der Waals surface area contributed by atoms with Crippen molar-refractivity contribution in [2.45, 2.75) is 72.9 Å². The van der Waals surface area contributed by atoms with Crippen LogP contribution in [0.25, 0.3) is 0 Å². The Balaban J connectivity index is 3.00. The first-order chi connectivity index (χ1) is 9.52. The van der Waals surface area contributed by atoms with Gasteiger partial charge >= 0.3 is 0 Å². The summed E-state index contributed by atoms with van der Waals surface area (Å²) in [5, 5.41) is 0. The number of hydrogen-bond acceptors (Lipinski definition) is 3. The highest BCUT2D eigenvalue weighted by Crippen LogP contribution is 2.29. The minimum absolute atomic E-state index is 0.170. The van der Waals surface area contributed by atoms with Gasteiger partial charge in [-0.2, -0.15) is 0 Å². The van der Waals surface area contributed by atoms with Gasteiger partial charge in [-0.15, -0.1) is 0 Å². The molecule has 1 rings (SSSR count). The molecule has 0 amide bonds. The third kappa shape index (κ3) is 6.49. The van der Waals surface area contributed by atoms with E-state index in [1.165, 1.54) is 5.56 Å². The average Bonchev–Trinajstić information content (AvgIpc) is 2.31. The molecule has 0 radical (unpaired) electrons. The Morgan fingerprint density at radius 2 is 1.19 bits per heavy atom. The summed E-state index contributed by atoms with van der Waals surface area (Å²) in [5.41, 5.74) is 2.99. The van der Waals surface area contributed by atoms with Crippen LogP contribution in [0.3, 0.4) is 0 Å². The van der Waals surface area contributed by atoms with E-state index in [0.717, 1.165) is 16.9 Å². The maximum atomic E-state index is 5.89. The smallest absolute Gasteiger partial charge is 0.129 e. The average molecular weight is 294 g/mol. The molecule has 0 N–H and O–H groups in total. The molecule has 0 saturated heterocycles. The summed E-state index contributed by atoms with van der Waals surface area (Å²) in [5.74, 6) is 0.870. The summed E-state index contributed by atoms with van der Waals surface area (Å²) in [6.45, 7) is 15.5. The monoisotopic (exact) mass is 294 g/mol. The first kappa shape index (κ1) is 18.0. The van der Waals surface area contributed by atoms with Crippen molar-refractivity contribution in [1.29, 1.82) is 0 Å². The summed E-state index contributed by atoms with van der Waals surface area (Å²) in [6, 6.07) is 4.23. The molecule has 0 bridgehead atoms.